The molecule has 5 nitrogen and oxygen atoms in total. The molecule has 0 N–H and O–H groups in total. The van der Waals surface area contributed by atoms with Crippen LogP contribution in [0.4, 0.5) is 0 Å². The molecule has 1 atom stereocenters. The Hall–Kier alpha value is -1.09. The molecule has 3 heterocycles. The van der Waals surface area contributed by atoms with Crippen molar-refractivity contribution in [1.29, 1.82) is 0 Å². The van der Waals surface area contributed by atoms with Gasteiger partial charge in [-0.1, -0.05) is 12.3 Å². The van der Waals surface area contributed by atoms with Crippen LogP contribution in [0.2, 0.25) is 0 Å². The number of amides is 1. The maximum absolute atomic E-state index is 12.8. The van der Waals surface area contributed by atoms with Crippen LogP contribution in [0.1, 0.15) is 32.1 Å². The SMILES string of the molecule is C#CCN1CCCCC1C(=O)N1CCC(C2OCCO2)CC1. The summed E-state index contributed by atoms with van der Waals surface area (Å²) < 4.78 is 11.2. The van der Waals surface area contributed by atoms with E-state index in [1.54, 1.807) is 0 Å². The number of carbonyl (C=O) groups excluding carboxylic acids is 1. The first-order valence-electron chi connectivity index (χ1n) is 8.49. The minimum absolute atomic E-state index is 0.0136. The van der Waals surface area contributed by atoms with Gasteiger partial charge in [-0.2, -0.15) is 0 Å². The third-order valence-corrected chi connectivity index (χ3v) is 5.08. The zero-order chi connectivity index (χ0) is 15.4. The number of hydrogen-bond acceptors (Lipinski definition) is 4. The molecule has 0 spiro atoms. The Labute approximate surface area is 132 Å². The lowest BCUT2D eigenvalue weighted by Crippen LogP contribution is -2.53. The van der Waals surface area contributed by atoms with Crippen molar-refractivity contribution < 1.29 is 14.3 Å². The van der Waals surface area contributed by atoms with Crippen molar-refractivity contribution >= 4 is 5.91 Å². The van der Waals surface area contributed by atoms with Crippen LogP contribution >= 0.6 is 0 Å². The van der Waals surface area contributed by atoms with E-state index in [0.29, 0.717) is 25.7 Å². The highest BCUT2D eigenvalue weighted by Crippen LogP contribution is 2.27. The topological polar surface area (TPSA) is 42.0 Å². The van der Waals surface area contributed by atoms with Crippen LogP contribution < -0.4 is 0 Å². The fourth-order valence-electron chi connectivity index (χ4n) is 3.83. The Morgan fingerprint density at radius 1 is 1.09 bits per heavy atom. The molecule has 1 amide bonds. The van der Waals surface area contributed by atoms with Gasteiger partial charge in [0.1, 0.15) is 0 Å². The summed E-state index contributed by atoms with van der Waals surface area (Å²) in [5, 5.41) is 0. The van der Waals surface area contributed by atoms with Crippen molar-refractivity contribution in [3.8, 4) is 12.3 Å². The van der Waals surface area contributed by atoms with E-state index in [1.807, 2.05) is 4.90 Å². The first kappa shape index (κ1) is 15.8. The van der Waals surface area contributed by atoms with E-state index in [4.69, 9.17) is 15.9 Å². The van der Waals surface area contributed by atoms with Crippen LogP contribution in [-0.2, 0) is 14.3 Å². The van der Waals surface area contributed by atoms with Gasteiger partial charge in [-0.15, -0.1) is 6.42 Å². The minimum Gasteiger partial charge on any atom is -0.350 e. The van der Waals surface area contributed by atoms with Crippen LogP contribution in [0, 0.1) is 18.3 Å². The predicted octanol–water partition coefficient (Wildman–Crippen LogP) is 1.09. The number of carbonyl (C=O) groups is 1. The van der Waals surface area contributed by atoms with Gasteiger partial charge >= 0.3 is 0 Å². The molecule has 0 saturated carbocycles. The van der Waals surface area contributed by atoms with E-state index >= 15 is 0 Å². The van der Waals surface area contributed by atoms with Crippen LogP contribution in [0.3, 0.4) is 0 Å². The molecular weight excluding hydrogens is 280 g/mol. The second-order valence-corrected chi connectivity index (χ2v) is 6.46. The maximum atomic E-state index is 12.8. The Morgan fingerprint density at radius 2 is 1.82 bits per heavy atom. The van der Waals surface area contributed by atoms with Crippen LogP contribution in [0.5, 0.6) is 0 Å². The summed E-state index contributed by atoms with van der Waals surface area (Å²) in [5.41, 5.74) is 0. The van der Waals surface area contributed by atoms with Gasteiger partial charge in [-0.25, -0.2) is 0 Å². The summed E-state index contributed by atoms with van der Waals surface area (Å²) in [7, 11) is 0. The van der Waals surface area contributed by atoms with Gasteiger partial charge in [0, 0.05) is 19.0 Å². The van der Waals surface area contributed by atoms with Gasteiger partial charge in [-0.3, -0.25) is 9.69 Å². The number of rotatable bonds is 3. The molecule has 3 rings (SSSR count). The minimum atomic E-state index is -0.0510. The molecule has 3 saturated heterocycles. The van der Waals surface area contributed by atoms with Gasteiger partial charge < -0.3 is 14.4 Å². The number of hydrogen-bond donors (Lipinski definition) is 0. The highest BCUT2D eigenvalue weighted by molar-refractivity contribution is 5.82. The highest BCUT2D eigenvalue weighted by Gasteiger charge is 2.36. The smallest absolute Gasteiger partial charge is 0.239 e. The van der Waals surface area contributed by atoms with Crippen molar-refractivity contribution in [2.45, 2.75) is 44.4 Å². The number of likely N-dealkylation sites (tertiary alicyclic amines) is 2. The molecule has 0 radical (unpaired) electrons. The van der Waals surface area contributed by atoms with Crippen molar-refractivity contribution in [3.05, 3.63) is 0 Å². The molecule has 5 heteroatoms. The maximum Gasteiger partial charge on any atom is 0.239 e. The number of nitrogens with zero attached hydrogens (tertiary/aromatic N) is 2. The van der Waals surface area contributed by atoms with Crippen LogP contribution in [0.15, 0.2) is 0 Å². The molecule has 3 aliphatic rings. The number of terminal acetylenes is 1. The Morgan fingerprint density at radius 3 is 2.50 bits per heavy atom. The van der Waals surface area contributed by atoms with E-state index in [-0.39, 0.29) is 18.2 Å². The van der Waals surface area contributed by atoms with Gasteiger partial charge in [0.15, 0.2) is 6.29 Å². The first-order chi connectivity index (χ1) is 10.8. The van der Waals surface area contributed by atoms with Crippen LogP contribution in [-0.4, -0.2) is 67.4 Å². The lowest BCUT2D eigenvalue weighted by Gasteiger charge is -2.39. The van der Waals surface area contributed by atoms with Crippen LogP contribution in [0.25, 0.3) is 0 Å². The van der Waals surface area contributed by atoms with Gasteiger partial charge in [0.05, 0.1) is 25.8 Å². The Kier molecular flexibility index (Phi) is 5.35. The summed E-state index contributed by atoms with van der Waals surface area (Å²) in [4.78, 5) is 17.0. The lowest BCUT2D eigenvalue weighted by molar-refractivity contribution is -0.143. The van der Waals surface area contributed by atoms with Gasteiger partial charge in [0.2, 0.25) is 5.91 Å². The largest absolute Gasteiger partial charge is 0.350 e. The van der Waals surface area contributed by atoms with E-state index in [9.17, 15) is 4.79 Å². The molecule has 3 fully saturated rings. The van der Waals surface area contributed by atoms with E-state index in [1.165, 1.54) is 0 Å². The summed E-state index contributed by atoms with van der Waals surface area (Å²) in [6.07, 6.45) is 10.5. The molecule has 1 unspecified atom stereocenters. The summed E-state index contributed by atoms with van der Waals surface area (Å²) >= 11 is 0. The summed E-state index contributed by atoms with van der Waals surface area (Å²) in [6, 6.07) is -0.0136. The molecule has 22 heavy (non-hydrogen) atoms. The third-order valence-electron chi connectivity index (χ3n) is 5.08. The molecule has 0 aromatic heterocycles. The van der Waals surface area contributed by atoms with E-state index < -0.39 is 0 Å². The molecule has 0 aliphatic carbocycles. The molecule has 0 aromatic carbocycles. The Balaban J connectivity index is 1.53. The zero-order valence-corrected chi connectivity index (χ0v) is 13.2. The van der Waals surface area contributed by atoms with Crippen molar-refractivity contribution in [2.75, 3.05) is 39.4 Å². The quantitative estimate of drug-likeness (QED) is 0.732. The summed E-state index contributed by atoms with van der Waals surface area (Å²) in [6.45, 7) is 4.55. The van der Waals surface area contributed by atoms with Gasteiger partial charge in [-0.05, 0) is 32.2 Å². The molecule has 122 valence electrons. The Bertz CT molecular complexity index is 420. The molecular formula is C17H26N2O3. The molecule has 3 aliphatic heterocycles. The van der Waals surface area contributed by atoms with Crippen molar-refractivity contribution in [1.82, 2.24) is 9.80 Å². The van der Waals surface area contributed by atoms with Crippen molar-refractivity contribution in [3.63, 3.8) is 0 Å². The molecule has 0 aromatic rings. The molecule has 0 bridgehead atoms. The second-order valence-electron chi connectivity index (χ2n) is 6.46. The fraction of sp³-hybridized carbons (Fsp3) is 0.824. The average Bonchev–Trinajstić information content (AvgIpc) is 3.10. The van der Waals surface area contributed by atoms with Gasteiger partial charge in [0.25, 0.3) is 0 Å². The fourth-order valence-corrected chi connectivity index (χ4v) is 3.83. The zero-order valence-electron chi connectivity index (χ0n) is 13.2. The lowest BCUT2D eigenvalue weighted by atomic mass is 9.94. The average molecular weight is 306 g/mol. The monoisotopic (exact) mass is 306 g/mol. The first-order valence-corrected chi connectivity index (χ1v) is 8.49. The number of piperidine rings is 2. The normalized spacial score (nSPS) is 28.7. The third kappa shape index (κ3) is 3.45. The second kappa shape index (κ2) is 7.45. The van der Waals surface area contributed by atoms with Crippen molar-refractivity contribution in [2.24, 2.45) is 5.92 Å². The number of ether oxygens (including phenoxy) is 2. The standard InChI is InChI=1S/C17H26N2O3/c1-2-8-18-9-4-3-5-15(18)16(20)19-10-6-14(7-11-19)17-21-12-13-22-17/h1,14-15,17H,3-13H2. The van der Waals surface area contributed by atoms with E-state index in [0.717, 1.165) is 51.7 Å². The summed E-state index contributed by atoms with van der Waals surface area (Å²) in [5.74, 6) is 3.39. The van der Waals surface area contributed by atoms with E-state index in [2.05, 4.69) is 10.8 Å². The predicted molar refractivity (Wildman–Crippen MR) is 83.0 cm³/mol. The highest BCUT2D eigenvalue weighted by atomic mass is 16.7.